The third-order valence-corrected chi connectivity index (χ3v) is 5.69. The van der Waals surface area contributed by atoms with E-state index in [1.54, 1.807) is 29.6 Å². The molecule has 9 heteroatoms. The van der Waals surface area contributed by atoms with Crippen LogP contribution in [0.25, 0.3) is 5.76 Å². The van der Waals surface area contributed by atoms with Crippen molar-refractivity contribution in [3.05, 3.63) is 46.3 Å². The number of fused-ring (bicyclic) bond motifs is 1. The number of hydrogen-bond donors (Lipinski definition) is 2. The van der Waals surface area contributed by atoms with Gasteiger partial charge in [-0.1, -0.05) is 12.1 Å². The van der Waals surface area contributed by atoms with E-state index in [2.05, 4.69) is 10.3 Å². The van der Waals surface area contributed by atoms with Gasteiger partial charge in [-0.05, 0) is 12.1 Å². The van der Waals surface area contributed by atoms with Gasteiger partial charge in [-0.3, -0.25) is 14.4 Å². The van der Waals surface area contributed by atoms with Gasteiger partial charge < -0.3 is 5.11 Å². The van der Waals surface area contributed by atoms with E-state index >= 15 is 0 Å². The molecule has 3 rings (SSSR count). The highest BCUT2D eigenvalue weighted by Crippen LogP contribution is 2.37. The maximum atomic E-state index is 12.5. The van der Waals surface area contributed by atoms with Gasteiger partial charge in [-0.2, -0.15) is 0 Å². The molecule has 0 unspecified atom stereocenters. The number of rotatable bonds is 2. The molecule has 2 aromatic rings. The molecular formula is C13H11N3O4S2. The fraction of sp³-hybridized carbons (Fsp3) is 0.0769. The molecule has 2 N–H and O–H groups in total. The Balaban J connectivity index is 2.14. The molecule has 0 fully saturated rings. The highest BCUT2D eigenvalue weighted by molar-refractivity contribution is 7.97. The molecule has 0 saturated heterocycles. The first kappa shape index (κ1) is 14.5. The Bertz CT molecular complexity index is 872. The van der Waals surface area contributed by atoms with E-state index in [4.69, 9.17) is 0 Å². The number of nitrogens with one attached hydrogen (secondary N) is 1. The number of thiazole rings is 1. The van der Waals surface area contributed by atoms with Crippen molar-refractivity contribution < 1.29 is 18.3 Å². The van der Waals surface area contributed by atoms with Gasteiger partial charge in [0.1, 0.15) is 0 Å². The van der Waals surface area contributed by atoms with Crippen molar-refractivity contribution in [3.63, 3.8) is 0 Å². The summed E-state index contributed by atoms with van der Waals surface area (Å²) in [6, 6.07) is 6.40. The lowest BCUT2D eigenvalue weighted by Gasteiger charge is -2.28. The number of aliphatic hydroxyl groups excluding tert-OH is 1. The number of aromatic nitrogens is 1. The van der Waals surface area contributed by atoms with Crippen LogP contribution in [0.15, 0.2) is 40.7 Å². The van der Waals surface area contributed by atoms with Gasteiger partial charge in [0, 0.05) is 24.2 Å². The summed E-state index contributed by atoms with van der Waals surface area (Å²) in [4.78, 5) is 15.4. The lowest BCUT2D eigenvalue weighted by atomic mass is 10.1. The second-order valence-corrected chi connectivity index (χ2v) is 7.26. The summed E-state index contributed by atoms with van der Waals surface area (Å²) in [7, 11) is -2.81. The molecule has 1 aliphatic heterocycles. The SMILES string of the molecule is CN1c2ccccc2C(O)=C(C(=O)Nc2nccs2)S1(=O)=O. The number of nitrogens with zero attached hydrogens (tertiary/aromatic N) is 2. The molecule has 0 atom stereocenters. The van der Waals surface area contributed by atoms with Crippen molar-refractivity contribution >= 4 is 43.8 Å². The molecular weight excluding hydrogens is 326 g/mol. The number of amides is 1. The predicted molar refractivity (Wildman–Crippen MR) is 84.1 cm³/mol. The zero-order valence-corrected chi connectivity index (χ0v) is 13.0. The first-order valence-electron chi connectivity index (χ1n) is 6.15. The average Bonchev–Trinajstić information content (AvgIpc) is 2.98. The summed E-state index contributed by atoms with van der Waals surface area (Å²) in [5.74, 6) is -1.49. The van der Waals surface area contributed by atoms with Crippen molar-refractivity contribution in [2.24, 2.45) is 0 Å². The van der Waals surface area contributed by atoms with E-state index in [-0.39, 0.29) is 10.7 Å². The smallest absolute Gasteiger partial charge is 0.274 e. The fourth-order valence-electron chi connectivity index (χ4n) is 2.12. The van der Waals surface area contributed by atoms with Gasteiger partial charge in [0.05, 0.1) is 5.69 Å². The van der Waals surface area contributed by atoms with Gasteiger partial charge in [0.25, 0.3) is 15.9 Å². The molecule has 7 nitrogen and oxygen atoms in total. The molecule has 0 aliphatic carbocycles. The number of aliphatic hydroxyl groups is 1. The van der Waals surface area contributed by atoms with Crippen molar-refractivity contribution in [2.75, 3.05) is 16.7 Å². The Kier molecular flexibility index (Phi) is 3.38. The summed E-state index contributed by atoms with van der Waals surface area (Å²) < 4.78 is 25.9. The fourth-order valence-corrected chi connectivity index (χ4v) is 3.98. The van der Waals surface area contributed by atoms with Crippen LogP contribution in [0.2, 0.25) is 0 Å². The van der Waals surface area contributed by atoms with Crippen LogP contribution < -0.4 is 9.62 Å². The van der Waals surface area contributed by atoms with Gasteiger partial charge in [0.15, 0.2) is 15.8 Å². The maximum absolute atomic E-state index is 12.5. The molecule has 1 aliphatic rings. The van der Waals surface area contributed by atoms with Crippen LogP contribution in [-0.4, -0.2) is 31.5 Å². The molecule has 0 bridgehead atoms. The minimum absolute atomic E-state index is 0.252. The predicted octanol–water partition coefficient (Wildman–Crippen LogP) is 1.79. The number of sulfonamides is 1. The topological polar surface area (TPSA) is 99.6 Å². The van der Waals surface area contributed by atoms with E-state index in [0.717, 1.165) is 15.6 Å². The van der Waals surface area contributed by atoms with Crippen LogP contribution in [0.5, 0.6) is 0 Å². The Labute approximate surface area is 130 Å². The Morgan fingerprint density at radius 3 is 2.77 bits per heavy atom. The normalized spacial score (nSPS) is 16.3. The first-order chi connectivity index (χ1) is 10.4. The average molecular weight is 337 g/mol. The monoisotopic (exact) mass is 337 g/mol. The van der Waals surface area contributed by atoms with Crippen molar-refractivity contribution in [2.45, 2.75) is 0 Å². The molecule has 114 valence electrons. The van der Waals surface area contributed by atoms with Crippen molar-refractivity contribution in [1.82, 2.24) is 4.98 Å². The molecule has 0 radical (unpaired) electrons. The summed E-state index contributed by atoms with van der Waals surface area (Å²) >= 11 is 1.15. The maximum Gasteiger partial charge on any atom is 0.274 e. The molecule has 0 saturated carbocycles. The lowest BCUT2D eigenvalue weighted by molar-refractivity contribution is -0.112. The van der Waals surface area contributed by atoms with Crippen LogP contribution in [0, 0.1) is 0 Å². The molecule has 0 spiro atoms. The van der Waals surface area contributed by atoms with E-state index in [1.807, 2.05) is 0 Å². The summed E-state index contributed by atoms with van der Waals surface area (Å²) in [6.07, 6.45) is 1.48. The largest absolute Gasteiger partial charge is 0.506 e. The molecule has 1 aromatic carbocycles. The number of hydrogen-bond acceptors (Lipinski definition) is 6. The lowest BCUT2D eigenvalue weighted by Crippen LogP contribution is -2.37. The minimum Gasteiger partial charge on any atom is -0.506 e. The number of carbonyl (C=O) groups excluding carboxylic acids is 1. The van der Waals surface area contributed by atoms with E-state index < -0.39 is 26.6 Å². The second kappa shape index (κ2) is 5.11. The molecule has 2 heterocycles. The van der Waals surface area contributed by atoms with Gasteiger partial charge in [-0.25, -0.2) is 13.4 Å². The third-order valence-electron chi connectivity index (χ3n) is 3.19. The molecule has 1 amide bonds. The van der Waals surface area contributed by atoms with E-state index in [0.29, 0.717) is 5.69 Å². The summed E-state index contributed by atoms with van der Waals surface area (Å²) in [5, 5.41) is 14.5. The number of benzene rings is 1. The standard InChI is InChI=1S/C13H11N3O4S2/c1-16-9-5-3-2-4-8(9)10(17)11(22(16,19)20)12(18)15-13-14-6-7-21-13/h2-7,17H,1H3,(H,14,15,18). The highest BCUT2D eigenvalue weighted by atomic mass is 32.2. The zero-order valence-electron chi connectivity index (χ0n) is 11.3. The highest BCUT2D eigenvalue weighted by Gasteiger charge is 2.39. The molecule has 1 aromatic heterocycles. The van der Waals surface area contributed by atoms with Crippen LogP contribution in [-0.2, 0) is 14.8 Å². The third kappa shape index (κ3) is 2.14. The van der Waals surface area contributed by atoms with Crippen LogP contribution in [0.1, 0.15) is 5.56 Å². The van der Waals surface area contributed by atoms with E-state index in [9.17, 15) is 18.3 Å². The summed E-state index contributed by atoms with van der Waals surface area (Å²) in [6.45, 7) is 0. The Hall–Kier alpha value is -2.39. The zero-order chi connectivity index (χ0) is 15.9. The van der Waals surface area contributed by atoms with Crippen LogP contribution >= 0.6 is 11.3 Å². The Morgan fingerprint density at radius 2 is 2.09 bits per heavy atom. The quantitative estimate of drug-likeness (QED) is 0.870. The summed E-state index contributed by atoms with van der Waals surface area (Å²) in [5.41, 5.74) is 0.593. The van der Waals surface area contributed by atoms with Gasteiger partial charge >= 0.3 is 0 Å². The number of anilines is 2. The van der Waals surface area contributed by atoms with Crippen molar-refractivity contribution in [1.29, 1.82) is 0 Å². The second-order valence-electron chi connectivity index (χ2n) is 4.46. The number of para-hydroxylation sites is 1. The Morgan fingerprint density at radius 1 is 1.36 bits per heavy atom. The first-order valence-corrected chi connectivity index (χ1v) is 8.47. The van der Waals surface area contributed by atoms with Crippen molar-refractivity contribution in [3.8, 4) is 0 Å². The number of carbonyl (C=O) groups is 1. The minimum atomic E-state index is -4.14. The van der Waals surface area contributed by atoms with Crippen LogP contribution in [0.4, 0.5) is 10.8 Å². The molecule has 22 heavy (non-hydrogen) atoms. The van der Waals surface area contributed by atoms with E-state index in [1.165, 1.54) is 13.2 Å². The van der Waals surface area contributed by atoms with Gasteiger partial charge in [-0.15, -0.1) is 11.3 Å². The van der Waals surface area contributed by atoms with Gasteiger partial charge in [0.2, 0.25) is 0 Å². The van der Waals surface area contributed by atoms with Crippen LogP contribution in [0.3, 0.4) is 0 Å².